The summed E-state index contributed by atoms with van der Waals surface area (Å²) in [6, 6.07) is 3.63. The molecule has 0 spiro atoms. The van der Waals surface area contributed by atoms with Crippen molar-refractivity contribution in [2.24, 2.45) is 0 Å². The molecule has 0 bridgehead atoms. The van der Waals surface area contributed by atoms with Crippen molar-refractivity contribution in [3.8, 4) is 0 Å². The first kappa shape index (κ1) is 12.6. The van der Waals surface area contributed by atoms with Crippen molar-refractivity contribution in [1.29, 1.82) is 0 Å². The number of rotatable bonds is 5. The van der Waals surface area contributed by atoms with Crippen LogP contribution in [0.5, 0.6) is 0 Å². The molecule has 5 nitrogen and oxygen atoms in total. The molecule has 1 aliphatic heterocycles. The summed E-state index contributed by atoms with van der Waals surface area (Å²) in [5.41, 5.74) is 0. The Morgan fingerprint density at radius 2 is 2.41 bits per heavy atom. The Hall–Kier alpha value is -0.850. The van der Waals surface area contributed by atoms with Crippen molar-refractivity contribution < 1.29 is 12.8 Å². The Labute approximate surface area is 102 Å². The number of sulfonamides is 1. The summed E-state index contributed by atoms with van der Waals surface area (Å²) in [7, 11) is -1.62. The minimum atomic E-state index is -3.21. The molecule has 0 aromatic carbocycles. The Morgan fingerprint density at radius 1 is 1.59 bits per heavy atom. The van der Waals surface area contributed by atoms with Gasteiger partial charge in [0.15, 0.2) is 0 Å². The van der Waals surface area contributed by atoms with Crippen LogP contribution in [0.15, 0.2) is 22.8 Å². The van der Waals surface area contributed by atoms with Crippen LogP contribution in [0.3, 0.4) is 0 Å². The van der Waals surface area contributed by atoms with Crippen LogP contribution in [-0.2, 0) is 16.6 Å². The van der Waals surface area contributed by atoms with Crippen molar-refractivity contribution >= 4 is 10.0 Å². The number of nitrogens with zero attached hydrogens (tertiary/aromatic N) is 1. The third-order valence-electron chi connectivity index (χ3n) is 3.01. The van der Waals surface area contributed by atoms with Gasteiger partial charge in [0.25, 0.3) is 0 Å². The number of nitrogens with one attached hydrogen (secondary N) is 1. The number of hydrogen-bond donors (Lipinski definition) is 1. The van der Waals surface area contributed by atoms with Crippen LogP contribution in [0.1, 0.15) is 18.6 Å². The topological polar surface area (TPSA) is 62.6 Å². The Balaban J connectivity index is 1.94. The molecule has 0 saturated carbocycles. The smallest absolute Gasteiger partial charge is 0.215 e. The van der Waals surface area contributed by atoms with Gasteiger partial charge in [0.1, 0.15) is 5.76 Å². The number of furan rings is 1. The van der Waals surface area contributed by atoms with Crippen LogP contribution in [0, 0.1) is 0 Å². The van der Waals surface area contributed by atoms with Crippen molar-refractivity contribution in [1.82, 2.24) is 9.62 Å². The second kappa shape index (κ2) is 5.20. The highest BCUT2D eigenvalue weighted by atomic mass is 32.2. The molecule has 96 valence electrons. The lowest BCUT2D eigenvalue weighted by Crippen LogP contribution is -2.37. The van der Waals surface area contributed by atoms with Gasteiger partial charge in [-0.2, -0.15) is 4.31 Å². The molecule has 1 aromatic rings. The van der Waals surface area contributed by atoms with E-state index >= 15 is 0 Å². The summed E-state index contributed by atoms with van der Waals surface area (Å²) in [6.07, 6.45) is 3.55. The van der Waals surface area contributed by atoms with Crippen LogP contribution >= 0.6 is 0 Å². The fourth-order valence-corrected chi connectivity index (χ4v) is 3.37. The van der Waals surface area contributed by atoms with E-state index in [2.05, 4.69) is 5.32 Å². The molecule has 0 radical (unpaired) electrons. The fourth-order valence-electron chi connectivity index (χ4n) is 2.00. The maximum absolute atomic E-state index is 12.1. The highest BCUT2D eigenvalue weighted by Gasteiger charge is 2.25. The number of hydrogen-bond acceptors (Lipinski definition) is 4. The average Bonchev–Trinajstić information content (AvgIpc) is 2.90. The first-order valence-electron chi connectivity index (χ1n) is 5.78. The maximum Gasteiger partial charge on any atom is 0.215 e. The SMILES string of the molecule is CN(Cc1ccco1)S(=O)(=O)CC1CCCN1. The Bertz CT molecular complexity index is 435. The summed E-state index contributed by atoms with van der Waals surface area (Å²) in [4.78, 5) is 0. The third kappa shape index (κ3) is 3.31. The van der Waals surface area contributed by atoms with Gasteiger partial charge >= 0.3 is 0 Å². The van der Waals surface area contributed by atoms with E-state index < -0.39 is 10.0 Å². The van der Waals surface area contributed by atoms with Crippen LogP contribution < -0.4 is 5.32 Å². The quantitative estimate of drug-likeness (QED) is 0.848. The van der Waals surface area contributed by atoms with E-state index in [1.807, 2.05) is 0 Å². The fraction of sp³-hybridized carbons (Fsp3) is 0.636. The standard InChI is InChI=1S/C11H18N2O3S/c1-13(8-11-5-3-7-16-11)17(14,15)9-10-4-2-6-12-10/h3,5,7,10,12H,2,4,6,8-9H2,1H3. The lowest BCUT2D eigenvalue weighted by atomic mass is 10.3. The molecule has 1 N–H and O–H groups in total. The molecule has 1 aromatic heterocycles. The van der Waals surface area contributed by atoms with E-state index in [-0.39, 0.29) is 11.8 Å². The zero-order valence-corrected chi connectivity index (χ0v) is 10.7. The molecule has 2 rings (SSSR count). The Kier molecular flexibility index (Phi) is 3.86. The van der Waals surface area contributed by atoms with Gasteiger partial charge in [0.05, 0.1) is 18.6 Å². The molecule has 0 aliphatic carbocycles. The molecular formula is C11H18N2O3S. The summed E-state index contributed by atoms with van der Waals surface area (Å²) in [6.45, 7) is 1.21. The molecule has 1 saturated heterocycles. The van der Waals surface area contributed by atoms with E-state index in [4.69, 9.17) is 4.42 Å². The van der Waals surface area contributed by atoms with Gasteiger partial charge in [0, 0.05) is 13.1 Å². The van der Waals surface area contributed by atoms with Gasteiger partial charge < -0.3 is 9.73 Å². The second-order valence-electron chi connectivity index (χ2n) is 4.41. The van der Waals surface area contributed by atoms with Crippen molar-refractivity contribution in [3.05, 3.63) is 24.2 Å². The highest BCUT2D eigenvalue weighted by molar-refractivity contribution is 7.89. The molecule has 1 unspecified atom stereocenters. The lowest BCUT2D eigenvalue weighted by molar-refractivity contribution is 0.403. The summed E-state index contributed by atoms with van der Waals surface area (Å²) < 4.78 is 30.6. The molecular weight excluding hydrogens is 240 g/mol. The van der Waals surface area contributed by atoms with Gasteiger partial charge in [-0.15, -0.1) is 0 Å². The Morgan fingerprint density at radius 3 is 3.00 bits per heavy atom. The zero-order valence-electron chi connectivity index (χ0n) is 9.93. The van der Waals surface area contributed by atoms with Gasteiger partial charge in [0.2, 0.25) is 10.0 Å². The van der Waals surface area contributed by atoms with Crippen LogP contribution in [0.4, 0.5) is 0 Å². The van der Waals surface area contributed by atoms with E-state index in [1.54, 1.807) is 25.4 Å². The highest BCUT2D eigenvalue weighted by Crippen LogP contribution is 2.12. The van der Waals surface area contributed by atoms with Crippen molar-refractivity contribution in [3.63, 3.8) is 0 Å². The zero-order chi connectivity index (χ0) is 12.3. The molecule has 1 atom stereocenters. The van der Waals surface area contributed by atoms with Crippen LogP contribution in [0.2, 0.25) is 0 Å². The van der Waals surface area contributed by atoms with Gasteiger partial charge in [-0.1, -0.05) is 0 Å². The van der Waals surface area contributed by atoms with Crippen molar-refractivity contribution in [2.75, 3.05) is 19.3 Å². The molecule has 6 heteroatoms. The molecule has 17 heavy (non-hydrogen) atoms. The van der Waals surface area contributed by atoms with E-state index in [1.165, 1.54) is 4.31 Å². The first-order valence-corrected chi connectivity index (χ1v) is 7.38. The minimum Gasteiger partial charge on any atom is -0.468 e. The second-order valence-corrected chi connectivity index (χ2v) is 6.53. The minimum absolute atomic E-state index is 0.0963. The largest absolute Gasteiger partial charge is 0.468 e. The predicted molar refractivity (Wildman–Crippen MR) is 65.0 cm³/mol. The van der Waals surface area contributed by atoms with Gasteiger partial charge in [-0.05, 0) is 31.5 Å². The lowest BCUT2D eigenvalue weighted by Gasteiger charge is -2.18. The maximum atomic E-state index is 12.1. The third-order valence-corrected chi connectivity index (χ3v) is 4.91. The van der Waals surface area contributed by atoms with E-state index in [0.717, 1.165) is 19.4 Å². The van der Waals surface area contributed by atoms with Crippen LogP contribution in [0.25, 0.3) is 0 Å². The summed E-state index contributed by atoms with van der Waals surface area (Å²) in [5, 5.41) is 3.20. The van der Waals surface area contributed by atoms with E-state index in [9.17, 15) is 8.42 Å². The average molecular weight is 258 g/mol. The van der Waals surface area contributed by atoms with Gasteiger partial charge in [-0.3, -0.25) is 0 Å². The normalized spacial score (nSPS) is 21.2. The van der Waals surface area contributed by atoms with Gasteiger partial charge in [-0.25, -0.2) is 8.42 Å². The van der Waals surface area contributed by atoms with Crippen molar-refractivity contribution in [2.45, 2.75) is 25.4 Å². The van der Waals surface area contributed by atoms with E-state index in [0.29, 0.717) is 12.3 Å². The molecule has 1 aliphatic rings. The molecule has 0 amide bonds. The van der Waals surface area contributed by atoms with Crippen LogP contribution in [-0.4, -0.2) is 38.1 Å². The summed E-state index contributed by atoms with van der Waals surface area (Å²) >= 11 is 0. The predicted octanol–water partition coefficient (Wildman–Crippen LogP) is 0.793. The first-order chi connectivity index (χ1) is 8.08. The molecule has 1 fully saturated rings. The molecule has 2 heterocycles. The monoisotopic (exact) mass is 258 g/mol. The summed E-state index contributed by atoms with van der Waals surface area (Å²) in [5.74, 6) is 0.833.